The molecule has 1 aliphatic heterocycles. The Morgan fingerprint density at radius 2 is 1.77 bits per heavy atom. The van der Waals surface area contributed by atoms with Gasteiger partial charge >= 0.3 is 0 Å². The van der Waals surface area contributed by atoms with Crippen LogP contribution in [-0.2, 0) is 29.3 Å². The number of nitrogens with zero attached hydrogens (tertiary/aromatic N) is 3. The summed E-state index contributed by atoms with van der Waals surface area (Å²) >= 11 is 6.57. The molecule has 52 heavy (non-hydrogen) atoms. The normalized spacial score (nSPS) is 28.0. The Labute approximate surface area is 318 Å². The van der Waals surface area contributed by atoms with Gasteiger partial charge in [-0.15, -0.1) is 0 Å². The van der Waals surface area contributed by atoms with Gasteiger partial charge in [0.1, 0.15) is 18.0 Å². The lowest BCUT2D eigenvalue weighted by molar-refractivity contribution is -0.182. The van der Waals surface area contributed by atoms with Crippen LogP contribution in [0.1, 0.15) is 91.8 Å². The van der Waals surface area contributed by atoms with Crippen LogP contribution in [0.2, 0.25) is 5.02 Å². The predicted molar refractivity (Wildman–Crippen MR) is 208 cm³/mol. The average Bonchev–Trinajstić information content (AvgIpc) is 3.41. The van der Waals surface area contributed by atoms with Crippen molar-refractivity contribution in [3.05, 3.63) is 70.0 Å². The van der Waals surface area contributed by atoms with Crippen LogP contribution < -0.4 is 5.32 Å². The van der Waals surface area contributed by atoms with Crippen LogP contribution in [0.15, 0.2) is 42.5 Å². The monoisotopic (exact) mass is 744 g/mol. The van der Waals surface area contributed by atoms with E-state index in [-0.39, 0.29) is 53.7 Å². The zero-order chi connectivity index (χ0) is 38.7. The highest BCUT2D eigenvalue weighted by Gasteiger charge is 2.51. The van der Waals surface area contributed by atoms with Crippen LogP contribution in [-0.4, -0.2) is 88.6 Å². The number of carbonyl (C=O) groups is 1. The quantitative estimate of drug-likeness (QED) is 0.190. The fraction of sp³-hybridized carbons (Fsp3) is 0.690. The molecular formula is C42H66ClFN4O4. The standard InChI is InChI=1S/C42H66ClFN4O4/c1-26-18-36(27(2)28(3)42(26,8)9)45-40(51)39-38(29(4)50)37(25-49)52-48(39)22-31-15-12-14-30(19-31)21-47(24-33-34(43)16-13-17-35(33)44)32(23-46(10)11)20-41(5,6)7/h12-17,19,26-29,32,36-39,49-50H,18,20-25H2,1-11H3,(H,45,51)/t26-,27+,28+,29+,32+,36+,37+,38-,39+/m1/s1. The minimum absolute atomic E-state index is 0.00400. The van der Waals surface area contributed by atoms with Gasteiger partial charge in [0, 0.05) is 48.2 Å². The van der Waals surface area contributed by atoms with E-state index < -0.39 is 24.2 Å². The number of nitrogens with one attached hydrogen (secondary N) is 1. The number of hydrogen-bond donors (Lipinski definition) is 3. The zero-order valence-corrected chi connectivity index (χ0v) is 34.3. The van der Waals surface area contributed by atoms with Crippen LogP contribution in [0.25, 0.3) is 0 Å². The van der Waals surface area contributed by atoms with Crippen LogP contribution in [0.5, 0.6) is 0 Å². The van der Waals surface area contributed by atoms with Gasteiger partial charge in [-0.05, 0) is 85.7 Å². The summed E-state index contributed by atoms with van der Waals surface area (Å²) in [6.07, 6.45) is 0.180. The minimum atomic E-state index is -0.875. The maximum absolute atomic E-state index is 15.2. The second-order valence-corrected chi connectivity index (χ2v) is 18.4. The molecule has 1 saturated carbocycles. The highest BCUT2D eigenvalue weighted by molar-refractivity contribution is 6.31. The molecule has 3 N–H and O–H groups in total. The third-order valence-corrected chi connectivity index (χ3v) is 12.6. The Kier molecular flexibility index (Phi) is 14.4. The maximum Gasteiger partial charge on any atom is 0.240 e. The third kappa shape index (κ3) is 10.3. The van der Waals surface area contributed by atoms with Crippen molar-refractivity contribution in [3.63, 3.8) is 0 Å². The number of amides is 1. The van der Waals surface area contributed by atoms with E-state index >= 15 is 4.39 Å². The number of aliphatic hydroxyl groups is 2. The molecule has 2 aliphatic rings. The minimum Gasteiger partial charge on any atom is -0.394 e. The highest BCUT2D eigenvalue weighted by atomic mass is 35.5. The first-order chi connectivity index (χ1) is 24.2. The summed E-state index contributed by atoms with van der Waals surface area (Å²) in [7, 11) is 4.12. The Bertz CT molecular complexity index is 1460. The lowest BCUT2D eigenvalue weighted by Gasteiger charge is -2.50. The Hall–Kier alpha value is -2.11. The van der Waals surface area contributed by atoms with Gasteiger partial charge in [-0.1, -0.05) is 97.3 Å². The summed E-state index contributed by atoms with van der Waals surface area (Å²) in [6, 6.07) is 12.3. The van der Waals surface area contributed by atoms with Gasteiger partial charge in [-0.2, -0.15) is 5.06 Å². The summed E-state index contributed by atoms with van der Waals surface area (Å²) in [4.78, 5) is 25.0. The number of likely N-dealkylation sites (N-methyl/N-ethyl adjacent to an activating group) is 1. The molecule has 0 radical (unpaired) electrons. The average molecular weight is 745 g/mol. The Morgan fingerprint density at radius 3 is 2.37 bits per heavy atom. The molecule has 1 amide bonds. The molecule has 2 aromatic rings. The second kappa shape index (κ2) is 17.6. The van der Waals surface area contributed by atoms with Crippen molar-refractivity contribution in [2.24, 2.45) is 34.5 Å². The third-order valence-electron chi connectivity index (χ3n) is 12.3. The number of aliphatic hydroxyl groups excluding tert-OH is 2. The molecule has 292 valence electrons. The molecule has 1 saturated heterocycles. The van der Waals surface area contributed by atoms with Gasteiger partial charge in [0.05, 0.1) is 19.3 Å². The first-order valence-corrected chi connectivity index (χ1v) is 19.5. The fourth-order valence-corrected chi connectivity index (χ4v) is 8.81. The number of hydrogen-bond acceptors (Lipinski definition) is 7. The topological polar surface area (TPSA) is 88.5 Å². The number of benzene rings is 2. The molecule has 8 nitrogen and oxygen atoms in total. The predicted octanol–water partition coefficient (Wildman–Crippen LogP) is 7.14. The van der Waals surface area contributed by atoms with Gasteiger partial charge in [-0.25, -0.2) is 4.39 Å². The van der Waals surface area contributed by atoms with Crippen molar-refractivity contribution in [1.29, 1.82) is 0 Å². The van der Waals surface area contributed by atoms with Crippen molar-refractivity contribution < 1.29 is 24.2 Å². The van der Waals surface area contributed by atoms with Crippen molar-refractivity contribution >= 4 is 17.5 Å². The van der Waals surface area contributed by atoms with E-state index in [1.807, 2.05) is 12.1 Å². The highest BCUT2D eigenvalue weighted by Crippen LogP contribution is 2.47. The SMILES string of the molecule is C[C@@H]1[C@@H](NC(=O)[C@@H]2[C@H]([C@H](C)O)[C@H](CO)ON2Cc2cccc(CN(Cc3c(F)cccc3Cl)[C@H](CN(C)C)CC(C)(C)C)c2)C[C@@H](C)C(C)(C)[C@H]1C. The molecule has 4 rings (SSSR count). The summed E-state index contributed by atoms with van der Waals surface area (Å²) in [5.74, 6) is 0.00228. The molecule has 1 aliphatic carbocycles. The maximum atomic E-state index is 15.2. The number of hydroxylamine groups is 2. The number of rotatable bonds is 14. The van der Waals surface area contributed by atoms with Crippen molar-refractivity contribution in [3.8, 4) is 0 Å². The van der Waals surface area contributed by atoms with E-state index in [4.69, 9.17) is 16.4 Å². The van der Waals surface area contributed by atoms with E-state index in [9.17, 15) is 15.0 Å². The van der Waals surface area contributed by atoms with Crippen molar-refractivity contribution in [1.82, 2.24) is 20.2 Å². The number of halogens is 2. The largest absolute Gasteiger partial charge is 0.394 e. The van der Waals surface area contributed by atoms with Crippen molar-refractivity contribution in [2.75, 3.05) is 27.2 Å². The van der Waals surface area contributed by atoms with Crippen LogP contribution in [0, 0.1) is 40.3 Å². The Morgan fingerprint density at radius 1 is 1.12 bits per heavy atom. The second-order valence-electron chi connectivity index (χ2n) is 18.0. The molecule has 0 bridgehead atoms. The molecule has 0 unspecified atom stereocenters. The lowest BCUT2D eigenvalue weighted by Crippen LogP contribution is -2.56. The lowest BCUT2D eigenvalue weighted by atomic mass is 9.58. The van der Waals surface area contributed by atoms with E-state index in [1.54, 1.807) is 24.1 Å². The molecule has 2 fully saturated rings. The molecule has 0 aromatic heterocycles. The van der Waals surface area contributed by atoms with Crippen LogP contribution in [0.3, 0.4) is 0 Å². The molecule has 0 spiro atoms. The molecule has 10 heteroatoms. The van der Waals surface area contributed by atoms with Crippen molar-refractivity contribution in [2.45, 2.75) is 125 Å². The number of carbonyl (C=O) groups excluding carboxylic acids is 1. The first-order valence-electron chi connectivity index (χ1n) is 19.2. The molecule has 9 atom stereocenters. The van der Waals surface area contributed by atoms with Gasteiger partial charge in [-0.3, -0.25) is 14.5 Å². The smallest absolute Gasteiger partial charge is 0.240 e. The van der Waals surface area contributed by atoms with Crippen LogP contribution in [0.4, 0.5) is 4.39 Å². The molecule has 1 heterocycles. The summed E-state index contributed by atoms with van der Waals surface area (Å²) < 4.78 is 15.2. The summed E-state index contributed by atoms with van der Waals surface area (Å²) in [5, 5.41) is 26.7. The Balaban J connectivity index is 1.62. The summed E-state index contributed by atoms with van der Waals surface area (Å²) in [6.45, 7) is 21.4. The van der Waals surface area contributed by atoms with E-state index in [1.165, 1.54) is 6.07 Å². The van der Waals surface area contributed by atoms with E-state index in [0.717, 1.165) is 30.5 Å². The van der Waals surface area contributed by atoms with Gasteiger partial charge in [0.2, 0.25) is 5.91 Å². The van der Waals surface area contributed by atoms with E-state index in [2.05, 4.69) is 96.7 Å². The first kappa shape index (κ1) is 42.6. The van der Waals surface area contributed by atoms with Gasteiger partial charge in [0.15, 0.2) is 0 Å². The van der Waals surface area contributed by atoms with Crippen LogP contribution >= 0.6 is 11.6 Å². The van der Waals surface area contributed by atoms with Gasteiger partial charge < -0.3 is 20.4 Å². The van der Waals surface area contributed by atoms with E-state index in [0.29, 0.717) is 35.5 Å². The molecular weight excluding hydrogens is 679 g/mol. The summed E-state index contributed by atoms with van der Waals surface area (Å²) in [5.41, 5.74) is 2.64. The fourth-order valence-electron chi connectivity index (χ4n) is 8.59. The zero-order valence-electron chi connectivity index (χ0n) is 33.5. The molecule has 2 aromatic carbocycles. The van der Waals surface area contributed by atoms with Gasteiger partial charge in [0.25, 0.3) is 0 Å².